The molecule has 1 aliphatic heterocycles. The summed E-state index contributed by atoms with van der Waals surface area (Å²) in [5, 5.41) is 1.05. The van der Waals surface area contributed by atoms with Gasteiger partial charge in [0.25, 0.3) is 5.91 Å². The van der Waals surface area contributed by atoms with Crippen molar-refractivity contribution < 1.29 is 13.9 Å². The van der Waals surface area contributed by atoms with E-state index in [0.717, 1.165) is 28.1 Å². The van der Waals surface area contributed by atoms with E-state index in [1.165, 1.54) is 19.2 Å². The predicted molar refractivity (Wildman–Crippen MR) is 100 cm³/mol. The van der Waals surface area contributed by atoms with Crippen molar-refractivity contribution in [1.29, 1.82) is 0 Å². The van der Waals surface area contributed by atoms with Gasteiger partial charge in [0.1, 0.15) is 11.6 Å². The summed E-state index contributed by atoms with van der Waals surface area (Å²) >= 11 is 1.68. The molecule has 1 aliphatic rings. The molecule has 134 valence electrons. The van der Waals surface area contributed by atoms with Crippen molar-refractivity contribution in [2.24, 2.45) is 0 Å². The summed E-state index contributed by atoms with van der Waals surface area (Å²) in [7, 11) is 1.48. The largest absolute Gasteiger partial charge is 0.497 e. The van der Waals surface area contributed by atoms with Gasteiger partial charge in [0.2, 0.25) is 0 Å². The van der Waals surface area contributed by atoms with Gasteiger partial charge < -0.3 is 9.64 Å². The number of fused-ring (bicyclic) bond motifs is 1. The van der Waals surface area contributed by atoms with Crippen LogP contribution in [0.4, 0.5) is 4.39 Å². The Morgan fingerprint density at radius 2 is 2.15 bits per heavy atom. The van der Waals surface area contributed by atoms with E-state index in [-0.39, 0.29) is 17.4 Å². The van der Waals surface area contributed by atoms with Crippen molar-refractivity contribution in [3.63, 3.8) is 0 Å². The molecule has 0 bridgehead atoms. The van der Waals surface area contributed by atoms with Crippen LogP contribution in [-0.4, -0.2) is 36.0 Å². The smallest absolute Gasteiger partial charge is 0.256 e. The molecule has 0 spiro atoms. The maximum absolute atomic E-state index is 14.3. The minimum absolute atomic E-state index is 0.0933. The molecule has 0 radical (unpaired) electrons. The van der Waals surface area contributed by atoms with Gasteiger partial charge in [-0.15, -0.1) is 11.3 Å². The molecule has 0 N–H and O–H groups in total. The van der Waals surface area contributed by atoms with Crippen molar-refractivity contribution in [3.8, 4) is 5.75 Å². The molecule has 0 saturated carbocycles. The highest BCUT2D eigenvalue weighted by Crippen LogP contribution is 2.33. The molecule has 1 fully saturated rings. The van der Waals surface area contributed by atoms with Crippen molar-refractivity contribution in [1.82, 2.24) is 9.88 Å². The van der Waals surface area contributed by atoms with Crippen LogP contribution in [0.1, 0.15) is 34.1 Å². The Kier molecular flexibility index (Phi) is 4.59. The Morgan fingerprint density at radius 3 is 2.92 bits per heavy atom. The summed E-state index contributed by atoms with van der Waals surface area (Å²) in [5.41, 5.74) is 1.09. The SMILES string of the molecule is COc1ccc(C(=O)N2CCC[C@H](c3nc4ccccc4s3)C2)c(F)c1. The van der Waals surface area contributed by atoms with E-state index in [1.54, 1.807) is 22.3 Å². The van der Waals surface area contributed by atoms with Gasteiger partial charge >= 0.3 is 0 Å². The van der Waals surface area contributed by atoms with E-state index in [4.69, 9.17) is 9.72 Å². The molecule has 4 nitrogen and oxygen atoms in total. The van der Waals surface area contributed by atoms with Gasteiger partial charge in [-0.25, -0.2) is 9.37 Å². The maximum atomic E-state index is 14.3. The molecule has 4 rings (SSSR count). The third kappa shape index (κ3) is 3.17. The number of methoxy groups -OCH3 is 1. The minimum Gasteiger partial charge on any atom is -0.497 e. The summed E-state index contributed by atoms with van der Waals surface area (Å²) in [6.45, 7) is 1.22. The first-order chi connectivity index (χ1) is 12.7. The van der Waals surface area contributed by atoms with Gasteiger partial charge in [-0.3, -0.25) is 4.79 Å². The van der Waals surface area contributed by atoms with Gasteiger partial charge in [0, 0.05) is 25.1 Å². The number of carbonyl (C=O) groups is 1. The molecule has 1 amide bonds. The minimum atomic E-state index is -0.545. The Labute approximate surface area is 155 Å². The number of amides is 1. The van der Waals surface area contributed by atoms with Crippen LogP contribution in [0, 0.1) is 5.82 Å². The number of hydrogen-bond donors (Lipinski definition) is 0. The average molecular weight is 370 g/mol. The van der Waals surface area contributed by atoms with Gasteiger partial charge in [0.05, 0.1) is 27.9 Å². The average Bonchev–Trinajstić information content (AvgIpc) is 3.12. The topological polar surface area (TPSA) is 42.4 Å². The Morgan fingerprint density at radius 1 is 1.31 bits per heavy atom. The van der Waals surface area contributed by atoms with Crippen LogP contribution in [0.15, 0.2) is 42.5 Å². The number of carbonyl (C=O) groups excluding carboxylic acids is 1. The number of aromatic nitrogens is 1. The molecule has 1 atom stereocenters. The van der Waals surface area contributed by atoms with Crippen molar-refractivity contribution >= 4 is 27.5 Å². The number of likely N-dealkylation sites (tertiary alicyclic amines) is 1. The van der Waals surface area contributed by atoms with Gasteiger partial charge in [-0.1, -0.05) is 12.1 Å². The van der Waals surface area contributed by atoms with Crippen molar-refractivity contribution in [2.75, 3.05) is 20.2 Å². The number of hydrogen-bond acceptors (Lipinski definition) is 4. The lowest BCUT2D eigenvalue weighted by molar-refractivity contribution is 0.0702. The quantitative estimate of drug-likeness (QED) is 0.683. The first-order valence-corrected chi connectivity index (χ1v) is 9.45. The first-order valence-electron chi connectivity index (χ1n) is 8.64. The van der Waals surface area contributed by atoms with Crippen LogP contribution in [0.2, 0.25) is 0 Å². The van der Waals surface area contributed by atoms with Crippen molar-refractivity contribution in [3.05, 3.63) is 58.9 Å². The molecule has 3 aromatic rings. The lowest BCUT2D eigenvalue weighted by atomic mass is 9.98. The molecular formula is C20H19FN2O2S. The Balaban J connectivity index is 1.55. The maximum Gasteiger partial charge on any atom is 0.256 e. The number of halogens is 1. The summed E-state index contributed by atoms with van der Waals surface area (Å²) in [4.78, 5) is 19.3. The second kappa shape index (κ2) is 7.03. The van der Waals surface area contributed by atoms with Gasteiger partial charge in [-0.2, -0.15) is 0 Å². The molecule has 0 unspecified atom stereocenters. The normalized spacial score (nSPS) is 17.5. The van der Waals surface area contributed by atoms with Gasteiger partial charge in [0.15, 0.2) is 0 Å². The van der Waals surface area contributed by atoms with E-state index in [9.17, 15) is 9.18 Å². The van der Waals surface area contributed by atoms with E-state index in [0.29, 0.717) is 18.8 Å². The number of thiazole rings is 1. The highest BCUT2D eigenvalue weighted by atomic mass is 32.1. The summed E-state index contributed by atoms with van der Waals surface area (Å²) in [6, 6.07) is 12.4. The Hall–Kier alpha value is -2.47. The zero-order chi connectivity index (χ0) is 18.1. The standard InChI is InChI=1S/C20H19FN2O2S/c1-25-14-8-9-15(16(21)11-14)20(24)23-10-4-5-13(12-23)19-22-17-6-2-3-7-18(17)26-19/h2-3,6-9,11,13H,4-5,10,12H2,1H3/t13-/m0/s1. The molecule has 0 aliphatic carbocycles. The molecule has 26 heavy (non-hydrogen) atoms. The third-order valence-corrected chi connectivity index (χ3v) is 5.97. The van der Waals surface area contributed by atoms with Crippen molar-refractivity contribution in [2.45, 2.75) is 18.8 Å². The fourth-order valence-corrected chi connectivity index (χ4v) is 4.49. The van der Waals surface area contributed by atoms with E-state index in [2.05, 4.69) is 6.07 Å². The summed E-state index contributed by atoms with van der Waals surface area (Å²) in [6.07, 6.45) is 1.89. The fourth-order valence-electron chi connectivity index (χ4n) is 3.39. The highest BCUT2D eigenvalue weighted by Gasteiger charge is 2.28. The van der Waals surface area contributed by atoms with Crippen LogP contribution in [0.5, 0.6) is 5.75 Å². The van der Waals surface area contributed by atoms with E-state index in [1.807, 2.05) is 18.2 Å². The summed E-state index contributed by atoms with van der Waals surface area (Å²) < 4.78 is 20.4. The molecule has 6 heteroatoms. The zero-order valence-electron chi connectivity index (χ0n) is 14.4. The second-order valence-electron chi connectivity index (χ2n) is 6.46. The molecule has 2 aromatic carbocycles. The fraction of sp³-hybridized carbons (Fsp3) is 0.300. The lowest BCUT2D eigenvalue weighted by Gasteiger charge is -2.32. The monoisotopic (exact) mass is 370 g/mol. The second-order valence-corrected chi connectivity index (χ2v) is 7.52. The van der Waals surface area contributed by atoms with Gasteiger partial charge in [-0.05, 0) is 37.1 Å². The lowest BCUT2D eigenvalue weighted by Crippen LogP contribution is -2.39. The first kappa shape index (κ1) is 17.0. The molecule has 1 saturated heterocycles. The number of piperidine rings is 1. The van der Waals surface area contributed by atoms with E-state index < -0.39 is 5.82 Å². The number of ether oxygens (including phenoxy) is 1. The number of nitrogens with zero attached hydrogens (tertiary/aromatic N) is 2. The molecular weight excluding hydrogens is 351 g/mol. The van der Waals surface area contributed by atoms with Crippen LogP contribution < -0.4 is 4.74 Å². The number of para-hydroxylation sites is 1. The van der Waals surface area contributed by atoms with Crippen LogP contribution >= 0.6 is 11.3 Å². The molecule has 1 aromatic heterocycles. The van der Waals surface area contributed by atoms with Crippen LogP contribution in [0.3, 0.4) is 0 Å². The highest BCUT2D eigenvalue weighted by molar-refractivity contribution is 7.18. The number of benzene rings is 2. The summed E-state index contributed by atoms with van der Waals surface area (Å²) in [5.74, 6) is -0.205. The van der Waals surface area contributed by atoms with Crippen LogP contribution in [0.25, 0.3) is 10.2 Å². The molecule has 2 heterocycles. The Bertz CT molecular complexity index is 923. The third-order valence-electron chi connectivity index (χ3n) is 4.77. The number of rotatable bonds is 3. The van der Waals surface area contributed by atoms with E-state index >= 15 is 0 Å². The zero-order valence-corrected chi connectivity index (χ0v) is 15.3. The predicted octanol–water partition coefficient (Wildman–Crippen LogP) is 4.46. The van der Waals surface area contributed by atoms with Crippen LogP contribution in [-0.2, 0) is 0 Å².